The number of fused-ring (bicyclic) bond motifs is 3. The third-order valence-corrected chi connectivity index (χ3v) is 7.32. The minimum Gasteiger partial charge on any atom is -0.378 e. The van der Waals surface area contributed by atoms with Gasteiger partial charge in [0.25, 0.3) is 5.92 Å². The molecule has 9 heteroatoms. The highest BCUT2D eigenvalue weighted by Crippen LogP contribution is 2.42. The summed E-state index contributed by atoms with van der Waals surface area (Å²) in [5.41, 5.74) is 3.91. The molecule has 182 valence electrons. The van der Waals surface area contributed by atoms with Crippen LogP contribution in [0.2, 0.25) is 0 Å². The van der Waals surface area contributed by atoms with E-state index in [0.29, 0.717) is 6.42 Å². The van der Waals surface area contributed by atoms with Gasteiger partial charge in [-0.3, -0.25) is 9.88 Å². The maximum atomic E-state index is 14.8. The van der Waals surface area contributed by atoms with Crippen molar-refractivity contribution >= 4 is 26.8 Å². The first-order valence-corrected chi connectivity index (χ1v) is 12.5. The van der Waals surface area contributed by atoms with Crippen LogP contribution in [-0.2, 0) is 15.9 Å². The molecule has 2 aromatic heterocycles. The Labute approximate surface area is 206 Å². The first-order valence-electron chi connectivity index (χ1n) is 11.7. The highest BCUT2D eigenvalue weighted by molar-refractivity contribution is 9.10. The molecular weight excluding hydrogens is 506 g/mol. The van der Waals surface area contributed by atoms with Crippen molar-refractivity contribution in [2.24, 2.45) is 0 Å². The van der Waals surface area contributed by atoms with Crippen LogP contribution in [0.1, 0.15) is 55.3 Å². The number of halogens is 3. The fourth-order valence-electron chi connectivity index (χ4n) is 5.32. The molecule has 5 rings (SSSR count). The molecule has 1 saturated heterocycles. The summed E-state index contributed by atoms with van der Waals surface area (Å²) in [4.78, 5) is 6.47. The fourth-order valence-corrected chi connectivity index (χ4v) is 5.55. The van der Waals surface area contributed by atoms with Crippen LogP contribution in [0.15, 0.2) is 41.1 Å². The van der Waals surface area contributed by atoms with Crippen LogP contribution in [0.4, 0.5) is 8.78 Å². The van der Waals surface area contributed by atoms with Crippen molar-refractivity contribution in [3.05, 3.63) is 58.0 Å². The van der Waals surface area contributed by atoms with E-state index in [-0.39, 0.29) is 12.3 Å². The van der Waals surface area contributed by atoms with Crippen LogP contribution in [0.5, 0.6) is 0 Å². The van der Waals surface area contributed by atoms with E-state index in [4.69, 9.17) is 9.47 Å². The predicted octanol–water partition coefficient (Wildman–Crippen LogP) is 5.51. The maximum Gasteiger partial charge on any atom is 0.283 e. The van der Waals surface area contributed by atoms with Crippen LogP contribution in [0, 0.1) is 0 Å². The topological polar surface area (TPSA) is 52.4 Å². The number of methoxy groups -OCH3 is 1. The molecule has 3 atom stereocenters. The second-order valence-corrected chi connectivity index (χ2v) is 10.2. The summed E-state index contributed by atoms with van der Waals surface area (Å²) in [5, 5.41) is 5.74. The van der Waals surface area contributed by atoms with E-state index in [1.54, 1.807) is 6.20 Å². The van der Waals surface area contributed by atoms with E-state index in [0.717, 1.165) is 58.1 Å². The maximum absolute atomic E-state index is 14.8. The van der Waals surface area contributed by atoms with Gasteiger partial charge < -0.3 is 9.47 Å². The Hall–Kier alpha value is -1.94. The lowest BCUT2D eigenvalue weighted by Gasteiger charge is -2.43. The Morgan fingerprint density at radius 2 is 2.06 bits per heavy atom. The van der Waals surface area contributed by atoms with Gasteiger partial charge in [-0.1, -0.05) is 6.07 Å². The summed E-state index contributed by atoms with van der Waals surface area (Å²) in [6, 6.07) is 7.40. The average Bonchev–Trinajstić information content (AvgIpc) is 3.25. The quantitative estimate of drug-likeness (QED) is 0.417. The van der Waals surface area contributed by atoms with Gasteiger partial charge in [0.1, 0.15) is 6.61 Å². The summed E-state index contributed by atoms with van der Waals surface area (Å²) in [5.74, 6) is -2.97. The third kappa shape index (κ3) is 4.51. The molecule has 0 saturated carbocycles. The zero-order valence-corrected chi connectivity index (χ0v) is 21.0. The monoisotopic (exact) mass is 534 g/mol. The van der Waals surface area contributed by atoms with Crippen LogP contribution in [0.25, 0.3) is 10.9 Å². The molecule has 0 amide bonds. The van der Waals surface area contributed by atoms with Crippen molar-refractivity contribution in [1.29, 1.82) is 0 Å². The summed E-state index contributed by atoms with van der Waals surface area (Å²) < 4.78 is 43.1. The van der Waals surface area contributed by atoms with E-state index in [1.165, 1.54) is 7.11 Å². The molecule has 1 fully saturated rings. The number of ether oxygens (including phenoxy) is 2. The molecular formula is C25H29BrF2N4O2. The van der Waals surface area contributed by atoms with Crippen LogP contribution in [0.3, 0.4) is 0 Å². The van der Waals surface area contributed by atoms with E-state index in [2.05, 4.69) is 32.1 Å². The molecule has 1 unspecified atom stereocenters. The zero-order valence-electron chi connectivity index (χ0n) is 19.4. The number of benzene rings is 1. The molecule has 0 N–H and O–H groups in total. The molecule has 0 aliphatic carbocycles. The van der Waals surface area contributed by atoms with Gasteiger partial charge in [-0.05, 0) is 77.9 Å². The number of aromatic nitrogens is 3. The number of nitrogens with zero attached hydrogens (tertiary/aromatic N) is 4. The summed E-state index contributed by atoms with van der Waals surface area (Å²) in [6.45, 7) is 1.73. The van der Waals surface area contributed by atoms with Gasteiger partial charge in [0.05, 0.1) is 30.0 Å². The highest BCUT2D eigenvalue weighted by atomic mass is 79.9. The summed E-state index contributed by atoms with van der Waals surface area (Å²) in [7, 11) is 1.31. The van der Waals surface area contributed by atoms with Crippen molar-refractivity contribution in [2.75, 3.05) is 26.9 Å². The van der Waals surface area contributed by atoms with Gasteiger partial charge in [-0.15, -0.1) is 0 Å². The van der Waals surface area contributed by atoms with E-state index >= 15 is 0 Å². The minimum absolute atomic E-state index is 0.0570. The molecule has 34 heavy (non-hydrogen) atoms. The SMILES string of the molecule is COCC(F)(F)CN1[C@H](c2ccc(Br)cn2)c2ccc3c(cnn3C3CCCCO3)c2C[C@H]1C. The number of alkyl halides is 2. The lowest BCUT2D eigenvalue weighted by molar-refractivity contribution is -0.0963. The fraction of sp³-hybridized carbons (Fsp3) is 0.520. The van der Waals surface area contributed by atoms with Crippen molar-refractivity contribution in [1.82, 2.24) is 19.7 Å². The van der Waals surface area contributed by atoms with Crippen LogP contribution < -0.4 is 0 Å². The van der Waals surface area contributed by atoms with Crippen LogP contribution in [-0.4, -0.2) is 58.5 Å². The number of hydrogen-bond donors (Lipinski definition) is 0. The van der Waals surface area contributed by atoms with Gasteiger partial charge in [-0.25, -0.2) is 13.5 Å². The van der Waals surface area contributed by atoms with Crippen molar-refractivity contribution in [2.45, 2.75) is 56.8 Å². The molecule has 0 bridgehead atoms. The Morgan fingerprint density at radius 3 is 2.76 bits per heavy atom. The molecule has 6 nitrogen and oxygen atoms in total. The van der Waals surface area contributed by atoms with Gasteiger partial charge in [0, 0.05) is 35.8 Å². The van der Waals surface area contributed by atoms with Crippen LogP contribution >= 0.6 is 15.9 Å². The lowest BCUT2D eigenvalue weighted by atomic mass is 9.84. The molecule has 0 radical (unpaired) electrons. The summed E-state index contributed by atoms with van der Waals surface area (Å²) in [6.07, 6.45) is 7.36. The van der Waals surface area contributed by atoms with Crippen molar-refractivity contribution < 1.29 is 18.3 Å². The van der Waals surface area contributed by atoms with E-state index in [1.807, 2.05) is 40.9 Å². The molecule has 0 spiro atoms. The highest BCUT2D eigenvalue weighted by Gasteiger charge is 2.41. The average molecular weight is 535 g/mol. The Kier molecular flexibility index (Phi) is 6.72. The third-order valence-electron chi connectivity index (χ3n) is 6.85. The molecule has 1 aromatic carbocycles. The normalized spacial score (nSPS) is 23.9. The van der Waals surface area contributed by atoms with E-state index < -0.39 is 25.1 Å². The second kappa shape index (κ2) is 9.60. The van der Waals surface area contributed by atoms with Crippen molar-refractivity contribution in [3.8, 4) is 0 Å². The van der Waals surface area contributed by atoms with Crippen molar-refractivity contribution in [3.63, 3.8) is 0 Å². The number of rotatable bonds is 6. The molecule has 2 aliphatic rings. The largest absolute Gasteiger partial charge is 0.378 e. The van der Waals surface area contributed by atoms with Gasteiger partial charge in [-0.2, -0.15) is 5.10 Å². The minimum atomic E-state index is -2.97. The van der Waals surface area contributed by atoms with Gasteiger partial charge in [0.15, 0.2) is 6.23 Å². The molecule has 2 aliphatic heterocycles. The number of pyridine rings is 1. The Morgan fingerprint density at radius 1 is 1.21 bits per heavy atom. The Bertz CT molecular complexity index is 1150. The zero-order chi connectivity index (χ0) is 23.9. The summed E-state index contributed by atoms with van der Waals surface area (Å²) >= 11 is 3.44. The lowest BCUT2D eigenvalue weighted by Crippen LogP contribution is -2.49. The first-order chi connectivity index (χ1) is 16.4. The van der Waals surface area contributed by atoms with Gasteiger partial charge in [0.2, 0.25) is 0 Å². The molecule has 3 aromatic rings. The standard InChI is InChI=1S/C25H29BrF2N4O2/c1-16-11-19-18(7-9-22-20(19)13-30-32(22)23-5-3-4-10-34-23)24(21-8-6-17(26)12-29-21)31(16)14-25(27,28)15-33-2/h6-9,12-13,16,23-24H,3-5,10-11,14-15H2,1-2H3/t16-,23?,24+/m1/s1. The smallest absolute Gasteiger partial charge is 0.283 e. The first kappa shape index (κ1) is 23.8. The van der Waals surface area contributed by atoms with Gasteiger partial charge >= 0.3 is 0 Å². The Balaban J connectivity index is 1.60. The number of hydrogen-bond acceptors (Lipinski definition) is 5. The second-order valence-electron chi connectivity index (χ2n) is 9.29. The molecule has 4 heterocycles. The predicted molar refractivity (Wildman–Crippen MR) is 129 cm³/mol. The van der Waals surface area contributed by atoms with E-state index in [9.17, 15) is 8.78 Å².